The van der Waals surface area contributed by atoms with E-state index in [0.717, 1.165) is 21.9 Å². The van der Waals surface area contributed by atoms with E-state index in [2.05, 4.69) is 40.7 Å². The SMILES string of the molecule is CCC1(CC)CCN(C(CN)c2cc(Br)c(Cl)s2)CC1. The number of piperidine rings is 1. The summed E-state index contributed by atoms with van der Waals surface area (Å²) in [5.41, 5.74) is 6.59. The largest absolute Gasteiger partial charge is 0.329 e. The summed E-state index contributed by atoms with van der Waals surface area (Å²) in [5.74, 6) is 0. The van der Waals surface area contributed by atoms with Crippen molar-refractivity contribution in [1.82, 2.24) is 4.90 Å². The highest BCUT2D eigenvalue weighted by Gasteiger charge is 2.34. The van der Waals surface area contributed by atoms with Gasteiger partial charge < -0.3 is 5.73 Å². The van der Waals surface area contributed by atoms with Crippen LogP contribution >= 0.6 is 38.9 Å². The van der Waals surface area contributed by atoms with Crippen LogP contribution in [0, 0.1) is 5.41 Å². The van der Waals surface area contributed by atoms with Gasteiger partial charge in [0.25, 0.3) is 0 Å². The zero-order valence-electron chi connectivity index (χ0n) is 12.3. The molecule has 20 heavy (non-hydrogen) atoms. The summed E-state index contributed by atoms with van der Waals surface area (Å²) in [6.07, 6.45) is 5.16. The molecule has 0 radical (unpaired) electrons. The van der Waals surface area contributed by atoms with E-state index in [0.29, 0.717) is 18.0 Å². The molecule has 0 aromatic carbocycles. The Morgan fingerprint density at radius 3 is 2.40 bits per heavy atom. The molecule has 0 bridgehead atoms. The Morgan fingerprint density at radius 1 is 1.40 bits per heavy atom. The first-order valence-corrected chi connectivity index (χ1v) is 9.43. The molecule has 0 amide bonds. The van der Waals surface area contributed by atoms with Gasteiger partial charge in [-0.15, -0.1) is 11.3 Å². The molecule has 2 heterocycles. The van der Waals surface area contributed by atoms with Crippen molar-refractivity contribution in [3.05, 3.63) is 19.8 Å². The Bertz CT molecular complexity index is 416. The zero-order chi connectivity index (χ0) is 14.8. The van der Waals surface area contributed by atoms with Gasteiger partial charge in [-0.1, -0.05) is 38.3 Å². The van der Waals surface area contributed by atoms with Crippen molar-refractivity contribution < 1.29 is 0 Å². The van der Waals surface area contributed by atoms with E-state index in [1.54, 1.807) is 11.3 Å². The van der Waals surface area contributed by atoms with Crippen LogP contribution in [0.15, 0.2) is 10.5 Å². The smallest absolute Gasteiger partial charge is 0.107 e. The van der Waals surface area contributed by atoms with Gasteiger partial charge in [0.15, 0.2) is 0 Å². The van der Waals surface area contributed by atoms with E-state index >= 15 is 0 Å². The third-order valence-corrected chi connectivity index (χ3v) is 7.59. The first-order valence-electron chi connectivity index (χ1n) is 7.44. The fourth-order valence-corrected chi connectivity index (χ4v) is 5.12. The van der Waals surface area contributed by atoms with Crippen LogP contribution < -0.4 is 5.73 Å². The predicted molar refractivity (Wildman–Crippen MR) is 92.6 cm³/mol. The lowest BCUT2D eigenvalue weighted by molar-refractivity contribution is 0.0690. The summed E-state index contributed by atoms with van der Waals surface area (Å²) in [7, 11) is 0. The van der Waals surface area contributed by atoms with E-state index in [1.807, 2.05) is 0 Å². The minimum absolute atomic E-state index is 0.315. The number of rotatable bonds is 5. The average molecular weight is 380 g/mol. The number of nitrogens with two attached hydrogens (primary N) is 1. The molecule has 1 unspecified atom stereocenters. The normalized spacial score (nSPS) is 21.1. The molecule has 1 aliphatic heterocycles. The highest BCUT2D eigenvalue weighted by Crippen LogP contribution is 2.42. The Hall–Kier alpha value is 0.390. The molecule has 1 atom stereocenters. The number of hydrogen-bond acceptors (Lipinski definition) is 3. The molecule has 2 rings (SSSR count). The fraction of sp³-hybridized carbons (Fsp3) is 0.733. The van der Waals surface area contributed by atoms with Gasteiger partial charge in [-0.3, -0.25) is 4.90 Å². The molecule has 0 aliphatic carbocycles. The van der Waals surface area contributed by atoms with Gasteiger partial charge in [0.1, 0.15) is 4.34 Å². The van der Waals surface area contributed by atoms with Gasteiger partial charge in [0.05, 0.1) is 6.04 Å². The summed E-state index contributed by atoms with van der Waals surface area (Å²) in [6.45, 7) is 7.62. The van der Waals surface area contributed by atoms with Crippen LogP contribution in [-0.4, -0.2) is 24.5 Å². The van der Waals surface area contributed by atoms with Crippen LogP contribution in [0.25, 0.3) is 0 Å². The van der Waals surface area contributed by atoms with Gasteiger partial charge in [0.2, 0.25) is 0 Å². The van der Waals surface area contributed by atoms with Crippen LogP contribution in [0.2, 0.25) is 4.34 Å². The highest BCUT2D eigenvalue weighted by molar-refractivity contribution is 9.10. The predicted octanol–water partition coefficient (Wildman–Crippen LogP) is 5.07. The molecule has 2 N–H and O–H groups in total. The second-order valence-corrected chi connectivity index (χ2v) is 8.31. The van der Waals surface area contributed by atoms with Crippen LogP contribution in [-0.2, 0) is 0 Å². The van der Waals surface area contributed by atoms with E-state index < -0.39 is 0 Å². The van der Waals surface area contributed by atoms with Gasteiger partial charge in [0, 0.05) is 15.9 Å². The quantitative estimate of drug-likeness (QED) is 0.774. The van der Waals surface area contributed by atoms with Gasteiger partial charge in [-0.05, 0) is 53.3 Å². The molecule has 0 saturated carbocycles. The van der Waals surface area contributed by atoms with Gasteiger partial charge >= 0.3 is 0 Å². The number of hydrogen-bond donors (Lipinski definition) is 1. The molecule has 1 saturated heterocycles. The molecular formula is C15H24BrClN2S. The molecule has 114 valence electrons. The maximum absolute atomic E-state index is 6.17. The maximum Gasteiger partial charge on any atom is 0.107 e. The summed E-state index contributed by atoms with van der Waals surface area (Å²) in [6, 6.07) is 2.45. The molecule has 0 spiro atoms. The Morgan fingerprint density at radius 2 is 2.00 bits per heavy atom. The van der Waals surface area contributed by atoms with Crippen LogP contribution in [0.3, 0.4) is 0 Å². The van der Waals surface area contributed by atoms with Crippen molar-refractivity contribution in [2.24, 2.45) is 11.1 Å². The monoisotopic (exact) mass is 378 g/mol. The molecular weight excluding hydrogens is 356 g/mol. The number of nitrogens with zero attached hydrogens (tertiary/aromatic N) is 1. The highest BCUT2D eigenvalue weighted by atomic mass is 79.9. The molecule has 1 aliphatic rings. The minimum atomic E-state index is 0.315. The first-order chi connectivity index (χ1) is 9.55. The zero-order valence-corrected chi connectivity index (χ0v) is 15.5. The van der Waals surface area contributed by atoms with Gasteiger partial charge in [-0.25, -0.2) is 0 Å². The van der Waals surface area contributed by atoms with E-state index in [-0.39, 0.29) is 0 Å². The second kappa shape index (κ2) is 7.10. The topological polar surface area (TPSA) is 29.3 Å². The Labute approximate surface area is 139 Å². The summed E-state index contributed by atoms with van der Waals surface area (Å²) in [4.78, 5) is 3.82. The minimum Gasteiger partial charge on any atom is -0.329 e. The lowest BCUT2D eigenvalue weighted by atomic mass is 9.74. The maximum atomic E-state index is 6.17. The Kier molecular flexibility index (Phi) is 5.95. The summed E-state index contributed by atoms with van der Waals surface area (Å²) >= 11 is 11.3. The molecule has 5 heteroatoms. The van der Waals surface area contributed by atoms with Crippen molar-refractivity contribution in [2.45, 2.75) is 45.6 Å². The lowest BCUT2D eigenvalue weighted by Gasteiger charge is -2.43. The molecule has 2 nitrogen and oxygen atoms in total. The fourth-order valence-electron chi connectivity index (χ4n) is 3.24. The third-order valence-electron chi connectivity index (χ3n) is 5.02. The van der Waals surface area contributed by atoms with E-state index in [1.165, 1.54) is 30.6 Å². The summed E-state index contributed by atoms with van der Waals surface area (Å²) in [5, 5.41) is 0. The van der Waals surface area contributed by atoms with Crippen molar-refractivity contribution in [3.8, 4) is 0 Å². The lowest BCUT2D eigenvalue weighted by Crippen LogP contribution is -2.43. The Balaban J connectivity index is 2.07. The molecule has 1 aromatic heterocycles. The second-order valence-electron chi connectivity index (χ2n) is 5.76. The summed E-state index contributed by atoms with van der Waals surface area (Å²) < 4.78 is 1.82. The van der Waals surface area contributed by atoms with Crippen LogP contribution in [0.1, 0.15) is 50.4 Å². The average Bonchev–Trinajstić information content (AvgIpc) is 2.80. The molecule has 1 fully saturated rings. The first kappa shape index (κ1) is 16.8. The van der Waals surface area contributed by atoms with Crippen molar-refractivity contribution in [3.63, 3.8) is 0 Å². The van der Waals surface area contributed by atoms with Crippen LogP contribution in [0.5, 0.6) is 0 Å². The number of likely N-dealkylation sites (tertiary alicyclic amines) is 1. The standard InChI is InChI=1S/C15H24BrClN2S/c1-3-15(4-2)5-7-19(8-6-15)12(10-18)13-9-11(16)14(17)20-13/h9,12H,3-8,10,18H2,1-2H3. The van der Waals surface area contributed by atoms with E-state index in [9.17, 15) is 0 Å². The number of halogens is 2. The van der Waals surface area contributed by atoms with Gasteiger partial charge in [-0.2, -0.15) is 0 Å². The van der Waals surface area contributed by atoms with E-state index in [4.69, 9.17) is 17.3 Å². The third kappa shape index (κ3) is 3.41. The number of thiophene rings is 1. The van der Waals surface area contributed by atoms with Crippen molar-refractivity contribution in [2.75, 3.05) is 19.6 Å². The van der Waals surface area contributed by atoms with Crippen molar-refractivity contribution in [1.29, 1.82) is 0 Å². The van der Waals surface area contributed by atoms with Crippen LogP contribution in [0.4, 0.5) is 0 Å². The van der Waals surface area contributed by atoms with Crippen molar-refractivity contribution >= 4 is 38.9 Å². The molecule has 1 aromatic rings.